The van der Waals surface area contributed by atoms with Crippen LogP contribution in [-0.4, -0.2) is 9.52 Å². The fraction of sp³-hybridized carbons (Fsp3) is 0.182. The summed E-state index contributed by atoms with van der Waals surface area (Å²) in [5.41, 5.74) is 19.3. The van der Waals surface area contributed by atoms with Crippen molar-refractivity contribution in [1.82, 2.24) is 0 Å². The van der Waals surface area contributed by atoms with Crippen LogP contribution in [-0.2, 0) is 44.5 Å². The first-order valence-electron chi connectivity index (χ1n) is 24.4. The molecule has 0 atom stereocenters. The third-order valence-electron chi connectivity index (χ3n) is 13.4. The molecule has 1 aliphatic rings. The van der Waals surface area contributed by atoms with E-state index in [2.05, 4.69) is 256 Å². The second kappa shape index (κ2) is 22.8. The number of halogens is 2. The molecule has 0 amide bonds. The van der Waals surface area contributed by atoms with Gasteiger partial charge >= 0.3 is 37.9 Å². The third-order valence-corrected chi connectivity index (χ3v) is 14.7. The Balaban J connectivity index is 0.000000144. The van der Waals surface area contributed by atoms with E-state index in [0.29, 0.717) is 0 Å². The molecular formula is C66H61Cl2SiZr-3. The van der Waals surface area contributed by atoms with Crippen molar-refractivity contribution in [3.05, 3.63) is 229 Å². The molecule has 350 valence electrons. The van der Waals surface area contributed by atoms with Gasteiger partial charge in [0.1, 0.15) is 0 Å². The van der Waals surface area contributed by atoms with Crippen molar-refractivity contribution in [3.8, 4) is 55.6 Å². The van der Waals surface area contributed by atoms with Gasteiger partial charge in [0.15, 0.2) is 0 Å². The average Bonchev–Trinajstić information content (AvgIpc) is 4.13. The second-order valence-electron chi connectivity index (χ2n) is 19.9. The Morgan fingerprint density at radius 1 is 0.457 bits per heavy atom. The SMILES string of the molecule is CCc1ccccc1-c1c(-c2ccccc2)ccc2[cH-]c(C(C)(C)C)cc12.CCc1ccccc1-c1c(-c2ccccc2)ccc2[cH-]c(C(C)(C)C)cc12.[Cl][Zr][Cl].[c-]1cccc2c1[Si]c1ccccc1-2. The van der Waals surface area contributed by atoms with E-state index in [0.717, 1.165) is 22.4 Å². The summed E-state index contributed by atoms with van der Waals surface area (Å²) in [6, 6.07) is 76.1. The van der Waals surface area contributed by atoms with Gasteiger partial charge in [-0.3, -0.25) is 0 Å². The van der Waals surface area contributed by atoms with Gasteiger partial charge in [-0.25, -0.2) is 0 Å². The van der Waals surface area contributed by atoms with Crippen molar-refractivity contribution in [2.24, 2.45) is 0 Å². The van der Waals surface area contributed by atoms with Crippen LogP contribution in [0.1, 0.15) is 77.6 Å². The first-order valence-corrected chi connectivity index (χ1v) is 31.8. The zero-order chi connectivity index (χ0) is 49.4. The van der Waals surface area contributed by atoms with E-state index in [1.807, 2.05) is 6.07 Å². The van der Waals surface area contributed by atoms with Gasteiger partial charge in [-0.05, 0) is 68.2 Å². The van der Waals surface area contributed by atoms with Gasteiger partial charge in [0.2, 0.25) is 0 Å². The fourth-order valence-electron chi connectivity index (χ4n) is 9.60. The van der Waals surface area contributed by atoms with Gasteiger partial charge in [-0.15, -0.1) is 62.5 Å². The van der Waals surface area contributed by atoms with Crippen LogP contribution in [0.4, 0.5) is 0 Å². The molecule has 0 saturated carbocycles. The van der Waals surface area contributed by atoms with Gasteiger partial charge in [-0.2, -0.15) is 41.6 Å². The molecule has 0 aromatic heterocycles. The van der Waals surface area contributed by atoms with Crippen LogP contribution < -0.4 is 10.4 Å². The summed E-state index contributed by atoms with van der Waals surface area (Å²) < 4.78 is 0. The van der Waals surface area contributed by atoms with E-state index in [1.165, 1.54) is 110 Å². The minimum Gasteiger partial charge on any atom is -0.184 e. The van der Waals surface area contributed by atoms with Gasteiger partial charge in [-0.1, -0.05) is 223 Å². The van der Waals surface area contributed by atoms with Crippen molar-refractivity contribution < 1.29 is 20.8 Å². The Morgan fingerprint density at radius 3 is 1.30 bits per heavy atom. The predicted octanol–water partition coefficient (Wildman–Crippen LogP) is 18.0. The summed E-state index contributed by atoms with van der Waals surface area (Å²) in [6.45, 7) is 18.2. The summed E-state index contributed by atoms with van der Waals surface area (Å²) in [5.74, 6) is 0. The average molecular weight is 1040 g/mol. The molecule has 0 N–H and O–H groups in total. The van der Waals surface area contributed by atoms with Crippen LogP contribution in [0.5, 0.6) is 0 Å². The maximum absolute atomic E-state index is 4.93. The summed E-state index contributed by atoms with van der Waals surface area (Å²) in [5, 5.41) is 8.22. The van der Waals surface area contributed by atoms with E-state index < -0.39 is 20.8 Å². The topological polar surface area (TPSA) is 0 Å². The largest absolute Gasteiger partial charge is 0.184 e. The minimum absolute atomic E-state index is 0.146. The van der Waals surface area contributed by atoms with Crippen LogP contribution in [0, 0.1) is 6.07 Å². The predicted molar refractivity (Wildman–Crippen MR) is 304 cm³/mol. The smallest absolute Gasteiger partial charge is 0.0920 e. The van der Waals surface area contributed by atoms with E-state index in [9.17, 15) is 0 Å². The molecule has 1 aliphatic heterocycles. The van der Waals surface area contributed by atoms with E-state index in [4.69, 9.17) is 17.0 Å². The van der Waals surface area contributed by atoms with Crippen molar-refractivity contribution in [2.45, 2.75) is 79.1 Å². The van der Waals surface area contributed by atoms with Crippen molar-refractivity contribution >= 4 is 58.5 Å². The number of hydrogen-bond acceptors (Lipinski definition) is 0. The molecule has 10 aromatic rings. The van der Waals surface area contributed by atoms with E-state index in [1.54, 1.807) is 0 Å². The molecule has 0 saturated heterocycles. The number of aryl methyl sites for hydroxylation is 2. The molecule has 0 unspecified atom stereocenters. The van der Waals surface area contributed by atoms with Crippen LogP contribution in [0.3, 0.4) is 0 Å². The van der Waals surface area contributed by atoms with Gasteiger partial charge in [0.05, 0.1) is 9.52 Å². The standard InChI is InChI=1S/2C27H27.C12H7Si.2ClH.Zr/c2*1-5-19-11-9-10-14-23(19)26-24(20-12-7-6-8-13-20)16-15-21-17-22(18-25(21)26)27(2,3)4;1-3-7-11-9(5-1)10-6-2-4-8-12(10)13-11;;;/h2*6-18H,5H2,1-4H3;1-7H;2*1H;/q3*-1;;;+2/p-2. The number of rotatable bonds is 6. The molecular weight excluding hydrogens is 983 g/mol. The van der Waals surface area contributed by atoms with Gasteiger partial charge in [0.25, 0.3) is 0 Å². The van der Waals surface area contributed by atoms with Crippen molar-refractivity contribution in [1.29, 1.82) is 0 Å². The monoisotopic (exact) mass is 1040 g/mol. The Morgan fingerprint density at radius 2 is 0.857 bits per heavy atom. The number of fused-ring (bicyclic) bond motifs is 5. The summed E-state index contributed by atoms with van der Waals surface area (Å²) in [4.78, 5) is 0. The number of hydrogen-bond donors (Lipinski definition) is 0. The van der Waals surface area contributed by atoms with Crippen molar-refractivity contribution in [3.63, 3.8) is 0 Å². The van der Waals surface area contributed by atoms with E-state index >= 15 is 0 Å². The summed E-state index contributed by atoms with van der Waals surface area (Å²) >= 11 is -0.826. The molecule has 0 aliphatic carbocycles. The molecule has 70 heavy (non-hydrogen) atoms. The van der Waals surface area contributed by atoms with Gasteiger partial charge in [0, 0.05) is 0 Å². The van der Waals surface area contributed by atoms with Crippen molar-refractivity contribution in [2.75, 3.05) is 0 Å². The molecule has 0 spiro atoms. The van der Waals surface area contributed by atoms with Gasteiger partial charge < -0.3 is 0 Å². The summed E-state index contributed by atoms with van der Waals surface area (Å²) in [7, 11) is 10.7. The normalized spacial score (nSPS) is 11.6. The fourth-order valence-corrected chi connectivity index (χ4v) is 10.9. The molecule has 4 heteroatoms. The Labute approximate surface area is 439 Å². The molecule has 1 heterocycles. The minimum atomic E-state index is -0.826. The quantitative estimate of drug-likeness (QED) is 0.115. The first kappa shape index (κ1) is 51.0. The Bertz CT molecular complexity index is 3100. The van der Waals surface area contributed by atoms with Crippen LogP contribution in [0.25, 0.3) is 77.2 Å². The second-order valence-corrected chi connectivity index (χ2v) is 24.9. The maximum Gasteiger partial charge on any atom is 0.0920 e. The van der Waals surface area contributed by atoms with Crippen LogP contribution >= 0.6 is 17.0 Å². The molecule has 0 fully saturated rings. The van der Waals surface area contributed by atoms with Crippen LogP contribution in [0.2, 0.25) is 0 Å². The Hall–Kier alpha value is -5.34. The molecule has 11 rings (SSSR count). The van der Waals surface area contributed by atoms with E-state index in [-0.39, 0.29) is 10.8 Å². The molecule has 2 radical (unpaired) electrons. The maximum atomic E-state index is 4.93. The number of benzene rings is 8. The molecule has 0 nitrogen and oxygen atoms in total. The zero-order valence-corrected chi connectivity index (χ0v) is 46.7. The molecule has 10 aromatic carbocycles. The molecule has 0 bridgehead atoms. The summed E-state index contributed by atoms with van der Waals surface area (Å²) in [6.07, 6.45) is 2.07. The Kier molecular flexibility index (Phi) is 16.6. The first-order chi connectivity index (χ1) is 33.8. The van der Waals surface area contributed by atoms with Crippen LogP contribution in [0.15, 0.2) is 200 Å². The zero-order valence-electron chi connectivity index (χ0n) is 41.7. The third kappa shape index (κ3) is 11.4.